The molecule has 0 rings (SSSR count). The van der Waals surface area contributed by atoms with Crippen LogP contribution in [0.1, 0.15) is 27.7 Å². The van der Waals surface area contributed by atoms with Crippen molar-refractivity contribution >= 4 is 0 Å². The SMILES string of the molecule is CCN(C)C(C)C(C)C. The van der Waals surface area contributed by atoms with Gasteiger partial charge in [-0.25, -0.2) is 0 Å². The Labute approximate surface area is 59.1 Å². The van der Waals surface area contributed by atoms with E-state index in [1.165, 1.54) is 0 Å². The van der Waals surface area contributed by atoms with Crippen molar-refractivity contribution in [3.05, 3.63) is 0 Å². The Bertz CT molecular complexity index is 69.0. The van der Waals surface area contributed by atoms with Crippen molar-refractivity contribution in [1.82, 2.24) is 4.90 Å². The first-order valence-corrected chi connectivity index (χ1v) is 3.79. The first-order chi connectivity index (χ1) is 4.09. The Balaban J connectivity index is 3.58. The monoisotopic (exact) mass is 129 g/mol. The highest BCUT2D eigenvalue weighted by atomic mass is 15.1. The molecule has 1 nitrogen and oxygen atoms in total. The van der Waals surface area contributed by atoms with Gasteiger partial charge in [-0.3, -0.25) is 0 Å². The second-order valence-corrected chi connectivity index (χ2v) is 3.06. The molecule has 0 aromatic rings. The molecule has 0 heterocycles. The lowest BCUT2D eigenvalue weighted by Gasteiger charge is -2.26. The minimum Gasteiger partial charge on any atom is -0.304 e. The topological polar surface area (TPSA) is 3.24 Å². The lowest BCUT2D eigenvalue weighted by Crippen LogP contribution is -2.32. The van der Waals surface area contributed by atoms with Crippen molar-refractivity contribution in [3.8, 4) is 0 Å². The van der Waals surface area contributed by atoms with Crippen molar-refractivity contribution in [1.29, 1.82) is 0 Å². The normalized spacial score (nSPS) is 15.0. The van der Waals surface area contributed by atoms with Gasteiger partial charge in [0, 0.05) is 6.04 Å². The molecule has 0 radical (unpaired) electrons. The van der Waals surface area contributed by atoms with Crippen LogP contribution in [0, 0.1) is 5.92 Å². The van der Waals surface area contributed by atoms with E-state index in [1.54, 1.807) is 0 Å². The van der Waals surface area contributed by atoms with E-state index >= 15 is 0 Å². The summed E-state index contributed by atoms with van der Waals surface area (Å²) in [7, 11) is 2.17. The standard InChI is InChI=1S/C8H19N/c1-6-9(5)8(4)7(2)3/h7-8H,6H2,1-5H3. The van der Waals surface area contributed by atoms with Crippen LogP contribution < -0.4 is 0 Å². The molecule has 9 heavy (non-hydrogen) atoms. The fourth-order valence-electron chi connectivity index (χ4n) is 0.797. The maximum Gasteiger partial charge on any atom is 0.00867 e. The van der Waals surface area contributed by atoms with Crippen LogP contribution in [0.25, 0.3) is 0 Å². The van der Waals surface area contributed by atoms with Crippen LogP contribution in [0.2, 0.25) is 0 Å². The van der Waals surface area contributed by atoms with E-state index in [-0.39, 0.29) is 0 Å². The van der Waals surface area contributed by atoms with Gasteiger partial charge in [0.1, 0.15) is 0 Å². The van der Waals surface area contributed by atoms with Gasteiger partial charge in [0.2, 0.25) is 0 Å². The molecule has 0 N–H and O–H groups in total. The number of hydrogen-bond donors (Lipinski definition) is 0. The Morgan fingerprint density at radius 3 is 1.78 bits per heavy atom. The van der Waals surface area contributed by atoms with E-state index in [2.05, 4.69) is 39.6 Å². The predicted molar refractivity (Wildman–Crippen MR) is 42.6 cm³/mol. The molecule has 0 saturated carbocycles. The van der Waals surface area contributed by atoms with Crippen LogP contribution in [0.4, 0.5) is 0 Å². The minimum absolute atomic E-state index is 0.718. The Kier molecular flexibility index (Phi) is 3.87. The lowest BCUT2D eigenvalue weighted by atomic mass is 10.1. The van der Waals surface area contributed by atoms with E-state index in [4.69, 9.17) is 0 Å². The van der Waals surface area contributed by atoms with Crippen molar-refractivity contribution in [2.24, 2.45) is 5.92 Å². The van der Waals surface area contributed by atoms with Crippen molar-refractivity contribution < 1.29 is 0 Å². The number of rotatable bonds is 3. The number of hydrogen-bond acceptors (Lipinski definition) is 1. The first-order valence-electron chi connectivity index (χ1n) is 3.79. The Morgan fingerprint density at radius 2 is 1.67 bits per heavy atom. The molecule has 0 saturated heterocycles. The fraction of sp³-hybridized carbons (Fsp3) is 1.00. The molecule has 0 aromatic heterocycles. The summed E-state index contributed by atoms with van der Waals surface area (Å²) in [4.78, 5) is 2.37. The van der Waals surface area contributed by atoms with Crippen LogP contribution in [-0.2, 0) is 0 Å². The molecule has 0 aromatic carbocycles. The van der Waals surface area contributed by atoms with Crippen molar-refractivity contribution in [2.45, 2.75) is 33.7 Å². The smallest absolute Gasteiger partial charge is 0.00867 e. The molecular weight excluding hydrogens is 110 g/mol. The maximum atomic E-state index is 2.37. The van der Waals surface area contributed by atoms with Gasteiger partial charge in [-0.15, -0.1) is 0 Å². The third-order valence-corrected chi connectivity index (χ3v) is 2.16. The van der Waals surface area contributed by atoms with Crippen LogP contribution >= 0.6 is 0 Å². The molecule has 0 bridgehead atoms. The summed E-state index contributed by atoms with van der Waals surface area (Å²) in [5.41, 5.74) is 0. The predicted octanol–water partition coefficient (Wildman–Crippen LogP) is 1.98. The molecule has 56 valence electrons. The van der Waals surface area contributed by atoms with E-state index in [0.29, 0.717) is 0 Å². The van der Waals surface area contributed by atoms with Gasteiger partial charge in [-0.1, -0.05) is 20.8 Å². The Hall–Kier alpha value is -0.0400. The summed E-state index contributed by atoms with van der Waals surface area (Å²) < 4.78 is 0. The molecule has 0 aliphatic rings. The molecule has 0 aliphatic heterocycles. The van der Waals surface area contributed by atoms with Gasteiger partial charge in [0.25, 0.3) is 0 Å². The highest BCUT2D eigenvalue weighted by Crippen LogP contribution is 2.06. The van der Waals surface area contributed by atoms with E-state index in [0.717, 1.165) is 18.5 Å². The largest absolute Gasteiger partial charge is 0.304 e. The van der Waals surface area contributed by atoms with Gasteiger partial charge < -0.3 is 4.90 Å². The highest BCUT2D eigenvalue weighted by Gasteiger charge is 2.09. The van der Waals surface area contributed by atoms with Crippen LogP contribution in [0.15, 0.2) is 0 Å². The van der Waals surface area contributed by atoms with Crippen molar-refractivity contribution in [3.63, 3.8) is 0 Å². The zero-order chi connectivity index (χ0) is 7.44. The average Bonchev–Trinajstić information content (AvgIpc) is 1.84. The molecule has 1 heteroatoms. The molecule has 1 atom stereocenters. The summed E-state index contributed by atoms with van der Waals surface area (Å²) in [6, 6.07) is 0.718. The quantitative estimate of drug-likeness (QED) is 0.563. The first kappa shape index (κ1) is 8.96. The van der Waals surface area contributed by atoms with Gasteiger partial charge in [0.15, 0.2) is 0 Å². The second kappa shape index (κ2) is 3.89. The highest BCUT2D eigenvalue weighted by molar-refractivity contribution is 4.64. The van der Waals surface area contributed by atoms with Crippen molar-refractivity contribution in [2.75, 3.05) is 13.6 Å². The molecule has 1 unspecified atom stereocenters. The molecule has 0 spiro atoms. The number of nitrogens with zero attached hydrogens (tertiary/aromatic N) is 1. The summed E-state index contributed by atoms with van der Waals surface area (Å²) in [6.45, 7) is 10.1. The summed E-state index contributed by atoms with van der Waals surface area (Å²) in [6.07, 6.45) is 0. The third kappa shape index (κ3) is 2.85. The van der Waals surface area contributed by atoms with Crippen LogP contribution in [0.5, 0.6) is 0 Å². The van der Waals surface area contributed by atoms with Crippen LogP contribution in [-0.4, -0.2) is 24.5 Å². The zero-order valence-electron chi connectivity index (χ0n) is 7.31. The molecule has 0 amide bonds. The summed E-state index contributed by atoms with van der Waals surface area (Å²) in [5, 5.41) is 0. The van der Waals surface area contributed by atoms with Gasteiger partial charge in [-0.05, 0) is 26.4 Å². The summed E-state index contributed by atoms with van der Waals surface area (Å²) >= 11 is 0. The fourth-order valence-corrected chi connectivity index (χ4v) is 0.797. The minimum atomic E-state index is 0.718. The van der Waals surface area contributed by atoms with Crippen LogP contribution in [0.3, 0.4) is 0 Å². The second-order valence-electron chi connectivity index (χ2n) is 3.06. The molecular formula is C8H19N. The third-order valence-electron chi connectivity index (χ3n) is 2.16. The average molecular weight is 129 g/mol. The zero-order valence-corrected chi connectivity index (χ0v) is 7.31. The lowest BCUT2D eigenvalue weighted by molar-refractivity contribution is 0.218. The van der Waals surface area contributed by atoms with Gasteiger partial charge >= 0.3 is 0 Å². The summed E-state index contributed by atoms with van der Waals surface area (Å²) in [5.74, 6) is 0.773. The van der Waals surface area contributed by atoms with E-state index < -0.39 is 0 Å². The maximum absolute atomic E-state index is 2.37. The van der Waals surface area contributed by atoms with E-state index in [9.17, 15) is 0 Å². The molecule has 0 fully saturated rings. The Morgan fingerprint density at radius 1 is 1.22 bits per heavy atom. The van der Waals surface area contributed by atoms with Gasteiger partial charge in [0.05, 0.1) is 0 Å². The molecule has 0 aliphatic carbocycles. The van der Waals surface area contributed by atoms with E-state index in [1.807, 2.05) is 0 Å². The van der Waals surface area contributed by atoms with Gasteiger partial charge in [-0.2, -0.15) is 0 Å².